The first-order valence-electron chi connectivity index (χ1n) is 7.99. The molecule has 1 amide bonds. The van der Waals surface area contributed by atoms with Crippen LogP contribution in [0.15, 0.2) is 58.3 Å². The molecule has 2 rings (SSSR count). The molecule has 0 aliphatic heterocycles. The molecule has 0 fully saturated rings. The van der Waals surface area contributed by atoms with Crippen LogP contribution < -0.4 is 5.32 Å². The Balaban J connectivity index is 2.13. The van der Waals surface area contributed by atoms with E-state index in [4.69, 9.17) is 11.6 Å². The molecule has 152 valence electrons. The lowest BCUT2D eigenvalue weighted by Gasteiger charge is -2.17. The zero-order valence-electron chi connectivity index (χ0n) is 15.5. The quantitative estimate of drug-likeness (QED) is 0.700. The molecule has 1 N–H and O–H groups in total. The summed E-state index contributed by atoms with van der Waals surface area (Å²) < 4.78 is 51.3. The summed E-state index contributed by atoms with van der Waals surface area (Å²) in [5.74, 6) is -0.612. The number of amides is 1. The molecule has 0 bridgehead atoms. The molecule has 0 saturated heterocycles. The van der Waals surface area contributed by atoms with Crippen LogP contribution in [0.1, 0.15) is 0 Å². The third-order valence-electron chi connectivity index (χ3n) is 3.78. The molecule has 0 radical (unpaired) electrons. The molecule has 0 unspecified atom stereocenters. The number of sulfonamides is 2. The first kappa shape index (κ1) is 22.3. The second kappa shape index (κ2) is 8.58. The monoisotopic (exact) mass is 445 g/mol. The van der Waals surface area contributed by atoms with E-state index < -0.39 is 32.5 Å². The minimum absolute atomic E-state index is 0.00581. The Kier molecular flexibility index (Phi) is 6.84. The maximum Gasteiger partial charge on any atom is 0.243 e. The van der Waals surface area contributed by atoms with Crippen LogP contribution in [-0.2, 0) is 24.8 Å². The van der Waals surface area contributed by atoms with E-state index in [2.05, 4.69) is 5.32 Å². The van der Waals surface area contributed by atoms with Gasteiger partial charge < -0.3 is 5.32 Å². The highest BCUT2D eigenvalue weighted by Crippen LogP contribution is 2.19. The van der Waals surface area contributed by atoms with Crippen molar-refractivity contribution >= 4 is 43.2 Å². The second-order valence-electron chi connectivity index (χ2n) is 6.08. The standard InChI is InChI=1S/C17H20ClN3O5S2/c1-20(2)27(23,24)16-6-4-5-14(11-16)19-17(22)12-21(3)28(25,26)15-9-7-13(18)8-10-15/h4-11H,12H2,1-3H3,(H,19,22). The summed E-state index contributed by atoms with van der Waals surface area (Å²) in [6.07, 6.45) is 0. The van der Waals surface area contributed by atoms with E-state index in [0.29, 0.717) is 5.02 Å². The second-order valence-corrected chi connectivity index (χ2v) is 10.7. The molecule has 0 atom stereocenters. The van der Waals surface area contributed by atoms with Crippen molar-refractivity contribution in [2.75, 3.05) is 33.0 Å². The highest BCUT2D eigenvalue weighted by Gasteiger charge is 2.23. The van der Waals surface area contributed by atoms with Gasteiger partial charge in [-0.15, -0.1) is 0 Å². The topological polar surface area (TPSA) is 104 Å². The van der Waals surface area contributed by atoms with Crippen molar-refractivity contribution in [3.05, 3.63) is 53.6 Å². The van der Waals surface area contributed by atoms with Gasteiger partial charge >= 0.3 is 0 Å². The number of nitrogens with zero attached hydrogens (tertiary/aromatic N) is 2. The van der Waals surface area contributed by atoms with Gasteiger partial charge in [-0.1, -0.05) is 17.7 Å². The SMILES string of the molecule is CN(C)S(=O)(=O)c1cccc(NC(=O)CN(C)S(=O)(=O)c2ccc(Cl)cc2)c1. The van der Waals surface area contributed by atoms with Crippen LogP contribution in [0.25, 0.3) is 0 Å². The summed E-state index contributed by atoms with van der Waals surface area (Å²) in [6, 6.07) is 11.3. The van der Waals surface area contributed by atoms with Crippen molar-refractivity contribution in [1.29, 1.82) is 0 Å². The van der Waals surface area contributed by atoms with Crippen LogP contribution in [0.4, 0.5) is 5.69 Å². The van der Waals surface area contributed by atoms with Gasteiger partial charge in [0.15, 0.2) is 0 Å². The highest BCUT2D eigenvalue weighted by atomic mass is 35.5. The van der Waals surface area contributed by atoms with Crippen LogP contribution in [0, 0.1) is 0 Å². The number of rotatable bonds is 7. The van der Waals surface area contributed by atoms with Gasteiger partial charge in [0.05, 0.1) is 16.3 Å². The normalized spacial score (nSPS) is 12.4. The van der Waals surface area contributed by atoms with Gasteiger partial charge in [-0.3, -0.25) is 4.79 Å². The molecule has 0 aromatic heterocycles. The zero-order chi connectivity index (χ0) is 21.1. The van der Waals surface area contributed by atoms with E-state index in [0.717, 1.165) is 8.61 Å². The Morgan fingerprint density at radius 3 is 2.11 bits per heavy atom. The first-order chi connectivity index (χ1) is 12.9. The maximum absolute atomic E-state index is 12.5. The van der Waals surface area contributed by atoms with Crippen LogP contribution in [0.5, 0.6) is 0 Å². The first-order valence-corrected chi connectivity index (χ1v) is 11.2. The molecular formula is C17H20ClN3O5S2. The third-order valence-corrected chi connectivity index (χ3v) is 7.67. The smallest absolute Gasteiger partial charge is 0.243 e. The van der Waals surface area contributed by atoms with E-state index in [1.165, 1.54) is 69.7 Å². The van der Waals surface area contributed by atoms with E-state index in [1.54, 1.807) is 0 Å². The Morgan fingerprint density at radius 1 is 0.929 bits per heavy atom. The van der Waals surface area contributed by atoms with Crippen molar-refractivity contribution < 1.29 is 21.6 Å². The number of benzene rings is 2. The van der Waals surface area contributed by atoms with Gasteiger partial charge in [-0.25, -0.2) is 21.1 Å². The average molecular weight is 446 g/mol. The average Bonchev–Trinajstić information content (AvgIpc) is 2.62. The zero-order valence-corrected chi connectivity index (χ0v) is 17.8. The lowest BCUT2D eigenvalue weighted by Crippen LogP contribution is -2.35. The fourth-order valence-corrected chi connectivity index (χ4v) is 4.42. The Hall–Kier alpha value is -1.98. The predicted octanol–water partition coefficient (Wildman–Crippen LogP) is 1.85. The Morgan fingerprint density at radius 2 is 1.54 bits per heavy atom. The number of likely N-dealkylation sites (N-methyl/N-ethyl adjacent to an activating group) is 1. The molecule has 0 aliphatic rings. The molecule has 0 spiro atoms. The molecule has 0 saturated carbocycles. The van der Waals surface area contributed by atoms with Crippen molar-refractivity contribution in [3.63, 3.8) is 0 Å². The number of anilines is 1. The van der Waals surface area contributed by atoms with E-state index in [-0.39, 0.29) is 15.5 Å². The van der Waals surface area contributed by atoms with Gasteiger partial charge in [0.1, 0.15) is 0 Å². The van der Waals surface area contributed by atoms with Gasteiger partial charge in [-0.05, 0) is 42.5 Å². The van der Waals surface area contributed by atoms with Crippen LogP contribution in [0.3, 0.4) is 0 Å². The Labute approximate surface area is 169 Å². The van der Waals surface area contributed by atoms with Crippen molar-refractivity contribution in [2.24, 2.45) is 0 Å². The molecule has 28 heavy (non-hydrogen) atoms. The minimum Gasteiger partial charge on any atom is -0.325 e. The van der Waals surface area contributed by atoms with Crippen molar-refractivity contribution in [3.8, 4) is 0 Å². The summed E-state index contributed by atoms with van der Waals surface area (Å²) in [5, 5.41) is 2.90. The molecule has 8 nitrogen and oxygen atoms in total. The molecule has 2 aromatic carbocycles. The Bertz CT molecular complexity index is 1070. The summed E-state index contributed by atoms with van der Waals surface area (Å²) in [4.78, 5) is 12.3. The van der Waals surface area contributed by atoms with E-state index >= 15 is 0 Å². The molecule has 2 aromatic rings. The predicted molar refractivity (Wildman–Crippen MR) is 107 cm³/mol. The van der Waals surface area contributed by atoms with Crippen molar-refractivity contribution in [1.82, 2.24) is 8.61 Å². The third kappa shape index (κ3) is 5.09. The summed E-state index contributed by atoms with van der Waals surface area (Å²) in [6.45, 7) is -0.449. The fourth-order valence-electron chi connectivity index (χ4n) is 2.22. The minimum atomic E-state index is -3.87. The molecular weight excluding hydrogens is 426 g/mol. The number of halogens is 1. The summed E-state index contributed by atoms with van der Waals surface area (Å²) in [5.41, 5.74) is 0.241. The fraction of sp³-hybridized carbons (Fsp3) is 0.235. The number of carbonyl (C=O) groups excluding carboxylic acids is 1. The van der Waals surface area contributed by atoms with E-state index in [1.807, 2.05) is 0 Å². The summed E-state index contributed by atoms with van der Waals surface area (Å²) >= 11 is 5.76. The van der Waals surface area contributed by atoms with Gasteiger partial charge in [0.25, 0.3) is 0 Å². The number of hydrogen-bond acceptors (Lipinski definition) is 5. The van der Waals surface area contributed by atoms with Crippen LogP contribution >= 0.6 is 11.6 Å². The molecule has 11 heteroatoms. The van der Waals surface area contributed by atoms with Crippen LogP contribution in [-0.4, -0.2) is 59.0 Å². The number of hydrogen-bond donors (Lipinski definition) is 1. The maximum atomic E-state index is 12.5. The number of nitrogens with one attached hydrogen (secondary N) is 1. The van der Waals surface area contributed by atoms with Gasteiger partial charge in [0, 0.05) is 31.9 Å². The van der Waals surface area contributed by atoms with E-state index in [9.17, 15) is 21.6 Å². The lowest BCUT2D eigenvalue weighted by atomic mass is 10.3. The highest BCUT2D eigenvalue weighted by molar-refractivity contribution is 7.89. The van der Waals surface area contributed by atoms with Crippen LogP contribution in [0.2, 0.25) is 5.02 Å². The van der Waals surface area contributed by atoms with Gasteiger partial charge in [-0.2, -0.15) is 4.31 Å². The summed E-state index contributed by atoms with van der Waals surface area (Å²) in [7, 11) is -3.46. The van der Waals surface area contributed by atoms with Crippen molar-refractivity contribution in [2.45, 2.75) is 9.79 Å². The number of carbonyl (C=O) groups is 1. The molecule has 0 aliphatic carbocycles. The van der Waals surface area contributed by atoms with Gasteiger partial charge in [0.2, 0.25) is 26.0 Å². The largest absolute Gasteiger partial charge is 0.325 e. The molecule has 0 heterocycles. The lowest BCUT2D eigenvalue weighted by molar-refractivity contribution is -0.116.